The summed E-state index contributed by atoms with van der Waals surface area (Å²) in [5, 5.41) is 6.79. The normalized spacial score (nSPS) is 17.6. The predicted octanol–water partition coefficient (Wildman–Crippen LogP) is 1.74. The number of benzene rings is 1. The standard InChI is InChI=1S/C12H15ClN2O/c1-8(9-2-4-11(13)5-3-9)15-12(16)10-6-14-7-10/h2-5,8,10,14H,6-7H2,1H3,(H,15,16)/t8-/m0/s1. The van der Waals surface area contributed by atoms with Crippen molar-refractivity contribution in [1.82, 2.24) is 10.6 Å². The molecular weight excluding hydrogens is 224 g/mol. The van der Waals surface area contributed by atoms with E-state index in [1.165, 1.54) is 0 Å². The third-order valence-corrected chi connectivity index (χ3v) is 3.13. The average Bonchev–Trinajstić information content (AvgIpc) is 2.15. The first-order valence-electron chi connectivity index (χ1n) is 5.43. The highest BCUT2D eigenvalue weighted by Crippen LogP contribution is 2.16. The lowest BCUT2D eigenvalue weighted by Crippen LogP contribution is -2.51. The van der Waals surface area contributed by atoms with E-state index in [4.69, 9.17) is 11.6 Å². The molecule has 0 spiro atoms. The molecule has 1 aromatic rings. The maximum absolute atomic E-state index is 11.7. The summed E-state index contributed by atoms with van der Waals surface area (Å²) < 4.78 is 0. The number of amides is 1. The minimum absolute atomic E-state index is 0.0327. The van der Waals surface area contributed by atoms with Crippen molar-refractivity contribution >= 4 is 17.5 Å². The van der Waals surface area contributed by atoms with Crippen LogP contribution in [0.1, 0.15) is 18.5 Å². The summed E-state index contributed by atoms with van der Waals surface area (Å²) in [4.78, 5) is 11.7. The zero-order valence-corrected chi connectivity index (χ0v) is 9.92. The van der Waals surface area contributed by atoms with Crippen molar-refractivity contribution in [3.63, 3.8) is 0 Å². The second-order valence-electron chi connectivity index (χ2n) is 4.14. The topological polar surface area (TPSA) is 41.1 Å². The molecule has 1 aliphatic heterocycles. The van der Waals surface area contributed by atoms with E-state index < -0.39 is 0 Å². The zero-order chi connectivity index (χ0) is 11.5. The van der Waals surface area contributed by atoms with Crippen LogP contribution in [0.2, 0.25) is 5.02 Å². The minimum atomic E-state index is 0.0327. The van der Waals surface area contributed by atoms with Gasteiger partial charge in [0.25, 0.3) is 0 Å². The molecule has 2 rings (SSSR count). The molecule has 0 aliphatic carbocycles. The van der Waals surface area contributed by atoms with Crippen molar-refractivity contribution < 1.29 is 4.79 Å². The fourth-order valence-corrected chi connectivity index (χ4v) is 1.77. The van der Waals surface area contributed by atoms with Crippen LogP contribution in [0.4, 0.5) is 0 Å². The molecule has 1 saturated heterocycles. The summed E-state index contributed by atoms with van der Waals surface area (Å²) in [5.41, 5.74) is 1.07. The van der Waals surface area contributed by atoms with E-state index in [0.29, 0.717) is 5.02 Å². The van der Waals surface area contributed by atoms with Gasteiger partial charge in [0.05, 0.1) is 12.0 Å². The van der Waals surface area contributed by atoms with Crippen LogP contribution in [0, 0.1) is 5.92 Å². The Labute approximate surface area is 100 Å². The number of halogens is 1. The first-order chi connectivity index (χ1) is 7.66. The summed E-state index contributed by atoms with van der Waals surface area (Å²) in [7, 11) is 0. The second kappa shape index (κ2) is 4.85. The molecule has 0 aromatic heterocycles. The summed E-state index contributed by atoms with van der Waals surface area (Å²) in [6, 6.07) is 7.58. The molecule has 0 radical (unpaired) electrons. The van der Waals surface area contributed by atoms with E-state index in [9.17, 15) is 4.79 Å². The minimum Gasteiger partial charge on any atom is -0.349 e. The largest absolute Gasteiger partial charge is 0.349 e. The van der Waals surface area contributed by atoms with Crippen LogP contribution < -0.4 is 10.6 Å². The third-order valence-electron chi connectivity index (χ3n) is 2.88. The van der Waals surface area contributed by atoms with Crippen molar-refractivity contribution in [2.75, 3.05) is 13.1 Å². The molecule has 3 nitrogen and oxygen atoms in total. The molecule has 2 N–H and O–H groups in total. The van der Waals surface area contributed by atoms with Crippen molar-refractivity contribution in [3.05, 3.63) is 34.9 Å². The van der Waals surface area contributed by atoms with Crippen LogP contribution in [-0.4, -0.2) is 19.0 Å². The van der Waals surface area contributed by atoms with Gasteiger partial charge < -0.3 is 10.6 Å². The number of carbonyl (C=O) groups is 1. The number of rotatable bonds is 3. The lowest BCUT2D eigenvalue weighted by Gasteiger charge is -2.27. The van der Waals surface area contributed by atoms with E-state index in [1.54, 1.807) is 0 Å². The van der Waals surface area contributed by atoms with E-state index in [0.717, 1.165) is 18.7 Å². The van der Waals surface area contributed by atoms with Gasteiger partial charge in [0.2, 0.25) is 5.91 Å². The van der Waals surface area contributed by atoms with Crippen molar-refractivity contribution in [2.24, 2.45) is 5.92 Å². The highest BCUT2D eigenvalue weighted by Gasteiger charge is 2.25. The molecule has 16 heavy (non-hydrogen) atoms. The monoisotopic (exact) mass is 238 g/mol. The molecule has 1 aromatic carbocycles. The Kier molecular flexibility index (Phi) is 3.46. The van der Waals surface area contributed by atoms with Crippen LogP contribution in [0.15, 0.2) is 24.3 Å². The molecule has 86 valence electrons. The fourth-order valence-electron chi connectivity index (χ4n) is 1.64. The van der Waals surface area contributed by atoms with Gasteiger partial charge in [-0.3, -0.25) is 4.79 Å². The van der Waals surface area contributed by atoms with Gasteiger partial charge in [0.1, 0.15) is 0 Å². The second-order valence-corrected chi connectivity index (χ2v) is 4.57. The molecule has 1 fully saturated rings. The highest BCUT2D eigenvalue weighted by molar-refractivity contribution is 6.30. The lowest BCUT2D eigenvalue weighted by molar-refractivity contribution is -0.127. The van der Waals surface area contributed by atoms with Crippen LogP contribution >= 0.6 is 11.6 Å². The van der Waals surface area contributed by atoms with Crippen LogP contribution in [-0.2, 0) is 4.79 Å². The molecule has 0 saturated carbocycles. The molecular formula is C12H15ClN2O. The number of nitrogens with one attached hydrogen (secondary N) is 2. The summed E-state index contributed by atoms with van der Waals surface area (Å²) >= 11 is 5.81. The molecule has 1 amide bonds. The molecule has 1 heterocycles. The predicted molar refractivity (Wildman–Crippen MR) is 64.4 cm³/mol. The van der Waals surface area contributed by atoms with Gasteiger partial charge in [0.15, 0.2) is 0 Å². The van der Waals surface area contributed by atoms with E-state index in [1.807, 2.05) is 31.2 Å². The molecule has 0 unspecified atom stereocenters. The van der Waals surface area contributed by atoms with E-state index >= 15 is 0 Å². The fraction of sp³-hybridized carbons (Fsp3) is 0.417. The van der Waals surface area contributed by atoms with Gasteiger partial charge >= 0.3 is 0 Å². The van der Waals surface area contributed by atoms with Gasteiger partial charge in [-0.1, -0.05) is 23.7 Å². The SMILES string of the molecule is C[C@H](NC(=O)C1CNC1)c1ccc(Cl)cc1. The van der Waals surface area contributed by atoms with Gasteiger partial charge in [-0.25, -0.2) is 0 Å². The molecule has 1 aliphatic rings. The first kappa shape index (κ1) is 11.4. The number of hydrogen-bond acceptors (Lipinski definition) is 2. The quantitative estimate of drug-likeness (QED) is 0.842. The first-order valence-corrected chi connectivity index (χ1v) is 5.81. The summed E-state index contributed by atoms with van der Waals surface area (Å²) in [5.74, 6) is 0.260. The van der Waals surface area contributed by atoms with Gasteiger partial charge in [-0.15, -0.1) is 0 Å². The average molecular weight is 239 g/mol. The van der Waals surface area contributed by atoms with E-state index in [-0.39, 0.29) is 17.9 Å². The maximum Gasteiger partial charge on any atom is 0.226 e. The smallest absolute Gasteiger partial charge is 0.226 e. The van der Waals surface area contributed by atoms with Gasteiger partial charge in [0, 0.05) is 18.1 Å². The maximum atomic E-state index is 11.7. The number of hydrogen-bond donors (Lipinski definition) is 2. The van der Waals surface area contributed by atoms with Crippen LogP contribution in [0.25, 0.3) is 0 Å². The summed E-state index contributed by atoms with van der Waals surface area (Å²) in [6.45, 7) is 3.56. The Balaban J connectivity index is 1.94. The Hall–Kier alpha value is -1.06. The third kappa shape index (κ3) is 2.54. The molecule has 0 bridgehead atoms. The van der Waals surface area contributed by atoms with Crippen LogP contribution in [0.5, 0.6) is 0 Å². The highest BCUT2D eigenvalue weighted by atomic mass is 35.5. The van der Waals surface area contributed by atoms with Crippen molar-refractivity contribution in [2.45, 2.75) is 13.0 Å². The van der Waals surface area contributed by atoms with Crippen molar-refractivity contribution in [3.8, 4) is 0 Å². The zero-order valence-electron chi connectivity index (χ0n) is 9.16. The Morgan fingerprint density at radius 3 is 2.56 bits per heavy atom. The van der Waals surface area contributed by atoms with Crippen LogP contribution in [0.3, 0.4) is 0 Å². The number of carbonyl (C=O) groups excluding carboxylic acids is 1. The van der Waals surface area contributed by atoms with Gasteiger partial charge in [-0.05, 0) is 24.6 Å². The lowest BCUT2D eigenvalue weighted by atomic mass is 10.0. The molecule has 1 atom stereocenters. The Morgan fingerprint density at radius 1 is 1.44 bits per heavy atom. The van der Waals surface area contributed by atoms with E-state index in [2.05, 4.69) is 10.6 Å². The van der Waals surface area contributed by atoms with Crippen molar-refractivity contribution in [1.29, 1.82) is 0 Å². The van der Waals surface area contributed by atoms with Gasteiger partial charge in [-0.2, -0.15) is 0 Å². The Morgan fingerprint density at radius 2 is 2.06 bits per heavy atom. The summed E-state index contributed by atoms with van der Waals surface area (Å²) in [6.07, 6.45) is 0. The Bertz CT molecular complexity index is 373. The molecule has 4 heteroatoms.